The molecule has 0 saturated heterocycles. The van der Waals surface area contributed by atoms with Crippen molar-refractivity contribution >= 4 is 20.9 Å². The highest BCUT2D eigenvalue weighted by molar-refractivity contribution is 7.89. The molecule has 0 aliphatic rings. The lowest BCUT2D eigenvalue weighted by Gasteiger charge is -2.15. The van der Waals surface area contributed by atoms with Crippen LogP contribution >= 0.6 is 0 Å². The predicted molar refractivity (Wildman–Crippen MR) is 116 cm³/mol. The maximum Gasteiger partial charge on any atom is 0.322 e. The van der Waals surface area contributed by atoms with E-state index in [9.17, 15) is 8.42 Å². The molecular formula is C21H23N5O4S. The van der Waals surface area contributed by atoms with Crippen molar-refractivity contribution in [3.05, 3.63) is 60.6 Å². The number of aromatic nitrogens is 4. The van der Waals surface area contributed by atoms with Crippen molar-refractivity contribution in [2.45, 2.75) is 31.3 Å². The summed E-state index contributed by atoms with van der Waals surface area (Å²) in [6.07, 6.45) is 1.86. The Morgan fingerprint density at radius 2 is 1.97 bits per heavy atom. The van der Waals surface area contributed by atoms with Crippen molar-refractivity contribution in [1.82, 2.24) is 24.5 Å². The molecule has 1 atom stereocenters. The highest BCUT2D eigenvalue weighted by atomic mass is 32.2. The second kappa shape index (κ2) is 8.40. The van der Waals surface area contributed by atoms with Crippen LogP contribution in [0.4, 0.5) is 0 Å². The first-order chi connectivity index (χ1) is 14.9. The number of hydrogen-bond donors (Lipinski definition) is 2. The van der Waals surface area contributed by atoms with Gasteiger partial charge in [0.05, 0.1) is 18.0 Å². The van der Waals surface area contributed by atoms with Gasteiger partial charge in [-0.3, -0.25) is 4.57 Å². The Morgan fingerprint density at radius 1 is 1.13 bits per heavy atom. The number of H-pyrrole nitrogens is 1. The Morgan fingerprint density at radius 3 is 2.74 bits per heavy atom. The van der Waals surface area contributed by atoms with Crippen molar-refractivity contribution in [1.29, 1.82) is 0 Å². The molecule has 0 saturated carbocycles. The third-order valence-corrected chi connectivity index (χ3v) is 6.41. The van der Waals surface area contributed by atoms with Crippen LogP contribution in [0.5, 0.6) is 17.5 Å². The molecule has 162 valence electrons. The van der Waals surface area contributed by atoms with Crippen molar-refractivity contribution in [3.8, 4) is 17.5 Å². The summed E-state index contributed by atoms with van der Waals surface area (Å²) in [4.78, 5) is 3.25. The molecule has 0 radical (unpaired) electrons. The third kappa shape index (κ3) is 4.25. The van der Waals surface area contributed by atoms with E-state index in [-0.39, 0.29) is 10.9 Å². The zero-order valence-corrected chi connectivity index (χ0v) is 18.2. The fraction of sp³-hybridized carbons (Fsp3) is 0.238. The molecule has 0 amide bonds. The first-order valence-corrected chi connectivity index (χ1v) is 11.2. The van der Waals surface area contributed by atoms with Gasteiger partial charge in [-0.2, -0.15) is 0 Å². The van der Waals surface area contributed by atoms with Crippen LogP contribution in [0.25, 0.3) is 10.9 Å². The second-order valence-corrected chi connectivity index (χ2v) is 8.65. The lowest BCUT2D eigenvalue weighted by molar-refractivity contribution is 0.408. The van der Waals surface area contributed by atoms with Crippen LogP contribution in [0.3, 0.4) is 0 Å². The largest absolute Gasteiger partial charge is 0.497 e. The average molecular weight is 442 g/mol. The van der Waals surface area contributed by atoms with Gasteiger partial charge in [-0.1, -0.05) is 11.2 Å². The molecule has 2 aromatic heterocycles. The molecule has 0 aliphatic heterocycles. The first kappa shape index (κ1) is 20.9. The number of rotatable bonds is 8. The molecule has 4 rings (SSSR count). The van der Waals surface area contributed by atoms with Gasteiger partial charge in [-0.15, -0.1) is 5.10 Å². The molecule has 9 nitrogen and oxygen atoms in total. The van der Waals surface area contributed by atoms with E-state index in [2.05, 4.69) is 19.9 Å². The number of nitrogens with zero attached hydrogens (tertiary/aromatic N) is 3. The van der Waals surface area contributed by atoms with Gasteiger partial charge in [0.1, 0.15) is 11.5 Å². The quantitative estimate of drug-likeness (QED) is 0.432. The van der Waals surface area contributed by atoms with E-state index in [0.717, 1.165) is 10.9 Å². The molecule has 10 heteroatoms. The third-order valence-electron chi connectivity index (χ3n) is 4.87. The van der Waals surface area contributed by atoms with Crippen LogP contribution < -0.4 is 14.2 Å². The minimum atomic E-state index is -3.79. The standard InChI is InChI=1S/C21H23N5O4S/c1-4-26-20(14(2)25-31(27,28)18-7-5-6-16(12-18)29-3)23-24-21(26)30-17-9-8-15-10-11-22-19(15)13-17/h5-14,22,25H,4H2,1-3H3/t14-/m1/s1. The van der Waals surface area contributed by atoms with Gasteiger partial charge < -0.3 is 14.5 Å². The van der Waals surface area contributed by atoms with Crippen LogP contribution in [0, 0.1) is 0 Å². The fourth-order valence-electron chi connectivity index (χ4n) is 3.31. The average Bonchev–Trinajstić information content (AvgIpc) is 3.39. The van der Waals surface area contributed by atoms with E-state index in [1.165, 1.54) is 19.2 Å². The maximum absolute atomic E-state index is 12.8. The van der Waals surface area contributed by atoms with E-state index in [0.29, 0.717) is 23.9 Å². The van der Waals surface area contributed by atoms with Gasteiger partial charge in [-0.05, 0) is 49.6 Å². The van der Waals surface area contributed by atoms with Crippen molar-refractivity contribution < 1.29 is 17.9 Å². The number of hydrogen-bond acceptors (Lipinski definition) is 6. The van der Waals surface area contributed by atoms with Gasteiger partial charge in [-0.25, -0.2) is 13.1 Å². The summed E-state index contributed by atoms with van der Waals surface area (Å²) >= 11 is 0. The minimum Gasteiger partial charge on any atom is -0.497 e. The summed E-state index contributed by atoms with van der Waals surface area (Å²) in [6, 6.07) is 13.6. The van der Waals surface area contributed by atoms with E-state index in [4.69, 9.17) is 9.47 Å². The summed E-state index contributed by atoms with van der Waals surface area (Å²) in [5.74, 6) is 1.51. The summed E-state index contributed by atoms with van der Waals surface area (Å²) in [6.45, 7) is 4.13. The lowest BCUT2D eigenvalue weighted by atomic mass is 10.2. The number of nitrogens with one attached hydrogen (secondary N) is 2. The molecule has 0 bridgehead atoms. The monoisotopic (exact) mass is 441 g/mol. The van der Waals surface area contributed by atoms with E-state index in [1.54, 1.807) is 23.6 Å². The predicted octanol–water partition coefficient (Wildman–Crippen LogP) is 3.62. The van der Waals surface area contributed by atoms with Crippen LogP contribution in [-0.2, 0) is 16.6 Å². The molecule has 0 fully saturated rings. The number of fused-ring (bicyclic) bond motifs is 1. The molecule has 31 heavy (non-hydrogen) atoms. The molecule has 0 spiro atoms. The summed E-state index contributed by atoms with van der Waals surface area (Å²) in [5, 5.41) is 9.38. The Kier molecular flexibility index (Phi) is 5.66. The number of aromatic amines is 1. The number of benzene rings is 2. The zero-order chi connectivity index (χ0) is 22.0. The van der Waals surface area contributed by atoms with Crippen molar-refractivity contribution in [3.63, 3.8) is 0 Å². The van der Waals surface area contributed by atoms with Gasteiger partial charge in [0.25, 0.3) is 0 Å². The van der Waals surface area contributed by atoms with Crippen LogP contribution in [-0.4, -0.2) is 35.3 Å². The number of methoxy groups -OCH3 is 1. The van der Waals surface area contributed by atoms with Gasteiger partial charge in [0, 0.05) is 30.4 Å². The molecule has 2 N–H and O–H groups in total. The Balaban J connectivity index is 1.57. The topological polar surface area (TPSA) is 111 Å². The van der Waals surface area contributed by atoms with Crippen molar-refractivity contribution in [2.75, 3.05) is 7.11 Å². The van der Waals surface area contributed by atoms with E-state index < -0.39 is 16.1 Å². The van der Waals surface area contributed by atoms with Gasteiger partial charge in [0.2, 0.25) is 10.0 Å². The molecule has 2 aromatic carbocycles. The summed E-state index contributed by atoms with van der Waals surface area (Å²) < 4.78 is 41.1. The lowest BCUT2D eigenvalue weighted by Crippen LogP contribution is -2.29. The van der Waals surface area contributed by atoms with Crippen LogP contribution in [0.1, 0.15) is 25.7 Å². The Bertz CT molecular complexity index is 1310. The molecular weight excluding hydrogens is 418 g/mol. The number of sulfonamides is 1. The smallest absolute Gasteiger partial charge is 0.322 e. The number of ether oxygens (including phenoxy) is 2. The molecule has 0 aliphatic carbocycles. The zero-order valence-electron chi connectivity index (χ0n) is 17.4. The molecule has 0 unspecified atom stereocenters. The normalized spacial score (nSPS) is 12.7. The van der Waals surface area contributed by atoms with E-state index in [1.807, 2.05) is 37.4 Å². The highest BCUT2D eigenvalue weighted by Gasteiger charge is 2.24. The fourth-order valence-corrected chi connectivity index (χ4v) is 4.55. The van der Waals surface area contributed by atoms with Crippen molar-refractivity contribution in [2.24, 2.45) is 0 Å². The highest BCUT2D eigenvalue weighted by Crippen LogP contribution is 2.26. The van der Waals surface area contributed by atoms with Crippen LogP contribution in [0.2, 0.25) is 0 Å². The first-order valence-electron chi connectivity index (χ1n) is 9.75. The Labute approximate surface area is 180 Å². The minimum absolute atomic E-state index is 0.108. The van der Waals surface area contributed by atoms with Gasteiger partial charge in [0.15, 0.2) is 5.82 Å². The molecule has 4 aromatic rings. The van der Waals surface area contributed by atoms with E-state index >= 15 is 0 Å². The van der Waals surface area contributed by atoms with Gasteiger partial charge >= 0.3 is 6.01 Å². The SMILES string of the molecule is CCn1c(Oc2ccc3cc[nH]c3c2)nnc1[C@@H](C)NS(=O)(=O)c1cccc(OC)c1. The Hall–Kier alpha value is -3.37. The van der Waals surface area contributed by atoms with Crippen LogP contribution in [0.15, 0.2) is 59.6 Å². The summed E-state index contributed by atoms with van der Waals surface area (Å²) in [7, 11) is -2.30. The maximum atomic E-state index is 12.8. The molecule has 2 heterocycles. The second-order valence-electron chi connectivity index (χ2n) is 6.94. The summed E-state index contributed by atoms with van der Waals surface area (Å²) in [5.41, 5.74) is 0.944.